The third-order valence-corrected chi connectivity index (χ3v) is 4.40. The van der Waals surface area contributed by atoms with E-state index in [9.17, 15) is 33.9 Å². The number of carboxylic acid groups (broad SMARTS) is 2. The zero-order valence-corrected chi connectivity index (χ0v) is 18.2. The number of nitrogens with two attached hydrogens (primary N) is 3. The van der Waals surface area contributed by atoms with Crippen LogP contribution in [0.2, 0.25) is 0 Å². The summed E-state index contributed by atoms with van der Waals surface area (Å²) in [5, 5.41) is 34.2. The third kappa shape index (κ3) is 11.8. The Morgan fingerprint density at radius 2 is 1.42 bits per heavy atom. The molecule has 0 aliphatic rings. The first kappa shape index (κ1) is 29.7. The Bertz CT molecular complexity index is 730. The Balaban J connectivity index is 5.38. The van der Waals surface area contributed by atoms with E-state index in [0.29, 0.717) is 19.4 Å². The minimum atomic E-state index is -1.79. The van der Waals surface area contributed by atoms with Crippen molar-refractivity contribution < 1.29 is 44.1 Å². The van der Waals surface area contributed by atoms with Gasteiger partial charge in [-0.05, 0) is 26.3 Å². The summed E-state index contributed by atoms with van der Waals surface area (Å²) in [7, 11) is 0. The summed E-state index contributed by atoms with van der Waals surface area (Å²) >= 11 is 0. The fourth-order valence-electron chi connectivity index (χ4n) is 2.62. The second-order valence-corrected chi connectivity index (χ2v) is 7.35. The zero-order chi connectivity index (χ0) is 25.7. The number of amides is 4. The molecule has 0 fully saturated rings. The molecule has 0 aliphatic carbocycles. The highest BCUT2D eigenvalue weighted by Crippen LogP contribution is 2.03. The van der Waals surface area contributed by atoms with Crippen LogP contribution in [0.3, 0.4) is 0 Å². The molecule has 0 saturated heterocycles. The van der Waals surface area contributed by atoms with Gasteiger partial charge in [0.1, 0.15) is 18.1 Å². The van der Waals surface area contributed by atoms with Crippen molar-refractivity contribution in [3.05, 3.63) is 0 Å². The van der Waals surface area contributed by atoms with Crippen LogP contribution in [0.4, 0.5) is 0 Å². The van der Waals surface area contributed by atoms with Crippen molar-refractivity contribution in [2.75, 3.05) is 6.54 Å². The Morgan fingerprint density at radius 1 is 0.848 bits per heavy atom. The lowest BCUT2D eigenvalue weighted by atomic mass is 10.1. The average Bonchev–Trinajstić information content (AvgIpc) is 2.69. The lowest BCUT2D eigenvalue weighted by Gasteiger charge is -2.25. The number of nitrogens with one attached hydrogen (secondary N) is 3. The first-order chi connectivity index (χ1) is 15.3. The van der Waals surface area contributed by atoms with Crippen LogP contribution >= 0.6 is 0 Å². The Kier molecular flexibility index (Phi) is 13.2. The molecule has 0 bridgehead atoms. The Labute approximate surface area is 189 Å². The van der Waals surface area contributed by atoms with E-state index in [0.717, 1.165) is 0 Å². The van der Waals surface area contributed by atoms with Crippen LogP contribution in [0.5, 0.6) is 0 Å². The molecule has 15 nitrogen and oxygen atoms in total. The monoisotopic (exact) mass is 476 g/mol. The molecule has 0 aromatic carbocycles. The number of unbranched alkanes of at least 4 members (excludes halogenated alkanes) is 1. The van der Waals surface area contributed by atoms with Crippen LogP contribution in [-0.2, 0) is 28.8 Å². The summed E-state index contributed by atoms with van der Waals surface area (Å²) in [4.78, 5) is 70.5. The number of aliphatic hydroxyl groups is 1. The van der Waals surface area contributed by atoms with Crippen LogP contribution in [-0.4, -0.2) is 87.7 Å². The van der Waals surface area contributed by atoms with E-state index in [4.69, 9.17) is 27.4 Å². The van der Waals surface area contributed by atoms with Gasteiger partial charge in [-0.1, -0.05) is 6.42 Å². The van der Waals surface area contributed by atoms with Crippen molar-refractivity contribution >= 4 is 35.6 Å². The van der Waals surface area contributed by atoms with Crippen LogP contribution in [0, 0.1) is 0 Å². The molecule has 0 aliphatic heterocycles. The van der Waals surface area contributed by atoms with Gasteiger partial charge >= 0.3 is 11.9 Å². The average molecular weight is 476 g/mol. The number of rotatable bonds is 16. The summed E-state index contributed by atoms with van der Waals surface area (Å²) in [5.41, 5.74) is 16.0. The number of hydrogen-bond donors (Lipinski definition) is 9. The van der Waals surface area contributed by atoms with E-state index in [2.05, 4.69) is 10.6 Å². The van der Waals surface area contributed by atoms with Crippen molar-refractivity contribution in [1.82, 2.24) is 16.0 Å². The smallest absolute Gasteiger partial charge is 0.326 e. The van der Waals surface area contributed by atoms with E-state index >= 15 is 0 Å². The van der Waals surface area contributed by atoms with Gasteiger partial charge in [0.05, 0.1) is 25.0 Å². The summed E-state index contributed by atoms with van der Waals surface area (Å²) in [6.07, 6.45) is -1.76. The lowest BCUT2D eigenvalue weighted by Crippen LogP contribution is -2.60. The van der Waals surface area contributed by atoms with Gasteiger partial charge in [-0.25, -0.2) is 4.79 Å². The molecule has 188 valence electrons. The molecule has 0 rings (SSSR count). The molecular formula is C18H32N6O9. The standard InChI is InChI=1S/C18H32N6O9/c1-8(25)14(24-15(29)9(20)4-2-3-5-19)17(31)22-10(7-13(27)28)16(30)23-11(18(32)33)6-12(21)26/h8-11,14,25H,2-7,19-20H2,1H3,(H2,21,26)(H,22,31)(H,23,30)(H,24,29)(H,27,28)(H,32,33). The number of carboxylic acids is 2. The number of aliphatic hydroxyl groups excluding tert-OH is 1. The quantitative estimate of drug-likeness (QED) is 0.0960. The van der Waals surface area contributed by atoms with Gasteiger partial charge in [-0.2, -0.15) is 0 Å². The Morgan fingerprint density at radius 3 is 1.88 bits per heavy atom. The summed E-state index contributed by atoms with van der Waals surface area (Å²) in [5.74, 6) is -7.28. The third-order valence-electron chi connectivity index (χ3n) is 4.40. The van der Waals surface area contributed by atoms with E-state index < -0.39 is 78.7 Å². The predicted molar refractivity (Wildman–Crippen MR) is 112 cm³/mol. The van der Waals surface area contributed by atoms with E-state index in [1.165, 1.54) is 6.92 Å². The maximum atomic E-state index is 12.6. The van der Waals surface area contributed by atoms with Crippen molar-refractivity contribution in [3.63, 3.8) is 0 Å². The molecule has 0 radical (unpaired) electrons. The van der Waals surface area contributed by atoms with Gasteiger partial charge in [0.15, 0.2) is 0 Å². The second kappa shape index (κ2) is 14.7. The minimum absolute atomic E-state index is 0.262. The highest BCUT2D eigenvalue weighted by molar-refractivity contribution is 5.96. The number of hydrogen-bond acceptors (Lipinski definition) is 9. The fraction of sp³-hybridized carbons (Fsp3) is 0.667. The van der Waals surface area contributed by atoms with E-state index in [1.54, 1.807) is 0 Å². The van der Waals surface area contributed by atoms with Crippen LogP contribution < -0.4 is 33.2 Å². The molecule has 0 aromatic heterocycles. The molecule has 4 amide bonds. The first-order valence-electron chi connectivity index (χ1n) is 10.1. The lowest BCUT2D eigenvalue weighted by molar-refractivity contribution is -0.145. The SMILES string of the molecule is CC(O)C(NC(=O)C(N)CCCCN)C(=O)NC(CC(=O)O)C(=O)NC(CC(N)=O)C(=O)O. The zero-order valence-electron chi connectivity index (χ0n) is 18.2. The fourth-order valence-corrected chi connectivity index (χ4v) is 2.62. The highest BCUT2D eigenvalue weighted by atomic mass is 16.4. The van der Waals surface area contributed by atoms with Crippen molar-refractivity contribution in [3.8, 4) is 0 Å². The first-order valence-corrected chi connectivity index (χ1v) is 10.1. The van der Waals surface area contributed by atoms with Gasteiger partial charge < -0.3 is 48.5 Å². The number of primary amides is 1. The van der Waals surface area contributed by atoms with Crippen molar-refractivity contribution in [2.24, 2.45) is 17.2 Å². The van der Waals surface area contributed by atoms with Crippen LogP contribution in [0.1, 0.15) is 39.0 Å². The van der Waals surface area contributed by atoms with Gasteiger partial charge in [-0.3, -0.25) is 24.0 Å². The predicted octanol–water partition coefficient (Wildman–Crippen LogP) is -4.29. The van der Waals surface area contributed by atoms with Gasteiger partial charge in [0.25, 0.3) is 0 Å². The van der Waals surface area contributed by atoms with Crippen LogP contribution in [0.15, 0.2) is 0 Å². The molecular weight excluding hydrogens is 444 g/mol. The van der Waals surface area contributed by atoms with Crippen LogP contribution in [0.25, 0.3) is 0 Å². The molecule has 0 spiro atoms. The highest BCUT2D eigenvalue weighted by Gasteiger charge is 2.33. The maximum Gasteiger partial charge on any atom is 0.326 e. The van der Waals surface area contributed by atoms with Gasteiger partial charge in [-0.15, -0.1) is 0 Å². The molecule has 5 unspecified atom stereocenters. The summed E-state index contributed by atoms with van der Waals surface area (Å²) in [6.45, 7) is 1.58. The van der Waals surface area contributed by atoms with E-state index in [-0.39, 0.29) is 6.42 Å². The molecule has 0 aromatic rings. The largest absolute Gasteiger partial charge is 0.481 e. The number of carbonyl (C=O) groups excluding carboxylic acids is 4. The molecule has 15 heteroatoms. The van der Waals surface area contributed by atoms with Crippen molar-refractivity contribution in [2.45, 2.75) is 69.3 Å². The summed E-state index contributed by atoms with van der Waals surface area (Å²) < 4.78 is 0. The molecule has 12 N–H and O–H groups in total. The molecule has 5 atom stereocenters. The molecule has 0 saturated carbocycles. The topological polar surface area (TPSA) is 277 Å². The second-order valence-electron chi connectivity index (χ2n) is 7.35. The van der Waals surface area contributed by atoms with Crippen molar-refractivity contribution in [1.29, 1.82) is 0 Å². The molecule has 33 heavy (non-hydrogen) atoms. The van der Waals surface area contributed by atoms with Gasteiger partial charge in [0.2, 0.25) is 23.6 Å². The normalized spacial score (nSPS) is 15.3. The Hall–Kier alpha value is -3.30. The minimum Gasteiger partial charge on any atom is -0.481 e. The van der Waals surface area contributed by atoms with E-state index in [1.807, 2.05) is 5.32 Å². The molecule has 0 heterocycles. The number of carbonyl (C=O) groups is 6. The number of aliphatic carboxylic acids is 2. The summed E-state index contributed by atoms with van der Waals surface area (Å²) in [6, 6.07) is -6.15. The maximum absolute atomic E-state index is 12.6. The van der Waals surface area contributed by atoms with Gasteiger partial charge in [0, 0.05) is 0 Å².